The summed E-state index contributed by atoms with van der Waals surface area (Å²) in [4.78, 5) is 2.56. The van der Waals surface area contributed by atoms with E-state index < -0.39 is 0 Å². The maximum Gasteiger partial charge on any atom is 0.200 e. The number of hydrogen-bond acceptors (Lipinski definition) is 5. The molecule has 1 saturated heterocycles. The smallest absolute Gasteiger partial charge is 0.200 e. The van der Waals surface area contributed by atoms with Gasteiger partial charge in [0.2, 0.25) is 5.65 Å². The zero-order valence-electron chi connectivity index (χ0n) is 16.2. The molecule has 27 heavy (non-hydrogen) atoms. The predicted octanol–water partition coefficient (Wildman–Crippen LogP) is 3.57. The lowest BCUT2D eigenvalue weighted by atomic mass is 9.96. The van der Waals surface area contributed by atoms with Gasteiger partial charge in [-0.05, 0) is 49.4 Å². The molecule has 0 radical (unpaired) electrons. The van der Waals surface area contributed by atoms with Crippen LogP contribution < -0.4 is 5.32 Å². The van der Waals surface area contributed by atoms with Crippen molar-refractivity contribution in [1.82, 2.24) is 24.7 Å². The van der Waals surface area contributed by atoms with Gasteiger partial charge in [0.1, 0.15) is 6.33 Å². The molecule has 2 aromatic heterocycles. The van der Waals surface area contributed by atoms with Gasteiger partial charge < -0.3 is 5.32 Å². The van der Waals surface area contributed by atoms with Crippen molar-refractivity contribution in [3.63, 3.8) is 0 Å². The Bertz CT molecular complexity index is 865. The molecule has 0 bridgehead atoms. The highest BCUT2D eigenvalue weighted by atomic mass is 15.3. The van der Waals surface area contributed by atoms with Crippen molar-refractivity contribution >= 4 is 11.3 Å². The lowest BCUT2D eigenvalue weighted by molar-refractivity contribution is 0.182. The van der Waals surface area contributed by atoms with E-state index >= 15 is 0 Å². The molecule has 1 aromatic carbocycles. The molecular formula is C21H28N6. The van der Waals surface area contributed by atoms with Gasteiger partial charge in [0.05, 0.1) is 11.4 Å². The first-order chi connectivity index (χ1) is 13.2. The molecular weight excluding hydrogens is 336 g/mol. The lowest BCUT2D eigenvalue weighted by Crippen LogP contribution is -2.35. The average molecular weight is 364 g/mol. The molecule has 0 unspecified atom stereocenters. The van der Waals surface area contributed by atoms with Crippen molar-refractivity contribution in [2.24, 2.45) is 5.92 Å². The minimum Gasteiger partial charge on any atom is -0.382 e. The molecule has 6 nitrogen and oxygen atoms in total. The summed E-state index contributed by atoms with van der Waals surface area (Å²) in [7, 11) is 0. The molecule has 0 aliphatic carbocycles. The number of nitrogens with one attached hydrogen (secondary N) is 1. The molecule has 3 aromatic rings. The highest BCUT2D eigenvalue weighted by Gasteiger charge is 2.20. The van der Waals surface area contributed by atoms with E-state index in [9.17, 15) is 0 Å². The van der Waals surface area contributed by atoms with E-state index in [1.807, 2.05) is 0 Å². The Morgan fingerprint density at radius 1 is 1.15 bits per heavy atom. The van der Waals surface area contributed by atoms with E-state index in [2.05, 4.69) is 75.8 Å². The molecule has 0 saturated carbocycles. The molecule has 1 fully saturated rings. The van der Waals surface area contributed by atoms with Gasteiger partial charge in [-0.25, -0.2) is 0 Å². The Morgan fingerprint density at radius 2 is 1.93 bits per heavy atom. The summed E-state index contributed by atoms with van der Waals surface area (Å²) in [6, 6.07) is 12.9. The summed E-state index contributed by atoms with van der Waals surface area (Å²) in [5, 5.41) is 16.4. The number of piperidine rings is 1. The number of fused-ring (bicyclic) bond motifs is 1. The third kappa shape index (κ3) is 4.27. The number of nitrogens with zero attached hydrogens (tertiary/aromatic N) is 5. The van der Waals surface area contributed by atoms with Crippen LogP contribution in [-0.4, -0.2) is 44.3 Å². The van der Waals surface area contributed by atoms with Gasteiger partial charge in [-0.3, -0.25) is 4.90 Å². The van der Waals surface area contributed by atoms with Gasteiger partial charge in [0.25, 0.3) is 0 Å². The fraction of sp³-hybridized carbons (Fsp3) is 0.476. The Balaban J connectivity index is 1.34. The fourth-order valence-electron chi connectivity index (χ4n) is 3.70. The molecule has 1 N–H and O–H groups in total. The lowest BCUT2D eigenvalue weighted by Gasteiger charge is -2.32. The van der Waals surface area contributed by atoms with E-state index in [0.717, 1.165) is 43.2 Å². The van der Waals surface area contributed by atoms with Crippen LogP contribution in [0.2, 0.25) is 0 Å². The summed E-state index contributed by atoms with van der Waals surface area (Å²) in [5.74, 6) is 1.06. The first-order valence-corrected chi connectivity index (χ1v) is 9.90. The molecule has 1 aliphatic rings. The Labute approximate surface area is 160 Å². The monoisotopic (exact) mass is 364 g/mol. The second-order valence-corrected chi connectivity index (χ2v) is 7.82. The van der Waals surface area contributed by atoms with Gasteiger partial charge in [0, 0.05) is 13.1 Å². The number of benzene rings is 1. The quantitative estimate of drug-likeness (QED) is 0.725. The van der Waals surface area contributed by atoms with Crippen LogP contribution in [-0.2, 0) is 6.54 Å². The van der Waals surface area contributed by atoms with Crippen molar-refractivity contribution in [2.45, 2.75) is 39.2 Å². The Hall–Kier alpha value is -2.47. The average Bonchev–Trinajstić information content (AvgIpc) is 3.17. The highest BCUT2D eigenvalue weighted by Crippen LogP contribution is 2.23. The minimum absolute atomic E-state index is 0.374. The second kappa shape index (κ2) is 8.05. The van der Waals surface area contributed by atoms with Crippen molar-refractivity contribution < 1.29 is 0 Å². The van der Waals surface area contributed by atoms with Crippen LogP contribution in [0.15, 0.2) is 42.7 Å². The largest absolute Gasteiger partial charge is 0.382 e. The van der Waals surface area contributed by atoms with Gasteiger partial charge in [-0.15, -0.1) is 10.2 Å². The van der Waals surface area contributed by atoms with Crippen LogP contribution in [0, 0.1) is 5.92 Å². The SMILES string of the molecule is CC(C)c1cc(NCC2CCN(Cc3ccccc3)CC2)c2nncn2n1. The highest BCUT2D eigenvalue weighted by molar-refractivity contribution is 5.66. The third-order valence-electron chi connectivity index (χ3n) is 5.42. The summed E-state index contributed by atoms with van der Waals surface area (Å²) >= 11 is 0. The predicted molar refractivity (Wildman–Crippen MR) is 108 cm³/mol. The van der Waals surface area contributed by atoms with E-state index in [-0.39, 0.29) is 0 Å². The molecule has 1 aliphatic heterocycles. The maximum absolute atomic E-state index is 4.58. The Kier molecular flexibility index (Phi) is 5.34. The van der Waals surface area contributed by atoms with Crippen LogP contribution in [0.3, 0.4) is 0 Å². The minimum atomic E-state index is 0.374. The summed E-state index contributed by atoms with van der Waals surface area (Å²) in [6.07, 6.45) is 4.13. The third-order valence-corrected chi connectivity index (χ3v) is 5.42. The van der Waals surface area contributed by atoms with Crippen molar-refractivity contribution in [3.8, 4) is 0 Å². The van der Waals surface area contributed by atoms with Gasteiger partial charge in [-0.1, -0.05) is 44.2 Å². The molecule has 142 valence electrons. The molecule has 0 atom stereocenters. The second-order valence-electron chi connectivity index (χ2n) is 7.82. The van der Waals surface area contributed by atoms with Crippen molar-refractivity contribution in [3.05, 3.63) is 54.0 Å². The zero-order valence-corrected chi connectivity index (χ0v) is 16.2. The summed E-state index contributed by atoms with van der Waals surface area (Å²) in [6.45, 7) is 8.67. The van der Waals surface area contributed by atoms with E-state index in [0.29, 0.717) is 11.8 Å². The van der Waals surface area contributed by atoms with Gasteiger partial charge >= 0.3 is 0 Å². The number of aromatic nitrogens is 4. The molecule has 6 heteroatoms. The fourth-order valence-corrected chi connectivity index (χ4v) is 3.70. The number of rotatable bonds is 6. The molecule has 3 heterocycles. The molecule has 0 amide bonds. The maximum atomic E-state index is 4.58. The van der Waals surface area contributed by atoms with Crippen LogP contribution in [0.5, 0.6) is 0 Å². The molecule has 4 rings (SSSR count). The van der Waals surface area contributed by atoms with Crippen LogP contribution in [0.4, 0.5) is 5.69 Å². The first kappa shape index (κ1) is 17.9. The standard InChI is InChI=1S/C21H28N6/c1-16(2)19-12-20(21-24-23-15-27(21)25-19)22-13-17-8-10-26(11-9-17)14-18-6-4-3-5-7-18/h3-7,12,15-17,22H,8-11,13-14H2,1-2H3. The Morgan fingerprint density at radius 3 is 2.67 bits per heavy atom. The van der Waals surface area contributed by atoms with Crippen molar-refractivity contribution in [2.75, 3.05) is 25.0 Å². The van der Waals surface area contributed by atoms with Crippen LogP contribution in [0.25, 0.3) is 5.65 Å². The first-order valence-electron chi connectivity index (χ1n) is 9.90. The van der Waals surface area contributed by atoms with Gasteiger partial charge in [-0.2, -0.15) is 9.61 Å². The summed E-state index contributed by atoms with van der Waals surface area (Å²) in [5.41, 5.74) is 4.31. The normalized spacial score (nSPS) is 16.3. The van der Waals surface area contributed by atoms with E-state index in [1.54, 1.807) is 10.8 Å². The van der Waals surface area contributed by atoms with E-state index in [4.69, 9.17) is 0 Å². The van der Waals surface area contributed by atoms with Crippen LogP contribution in [0.1, 0.15) is 43.9 Å². The summed E-state index contributed by atoms with van der Waals surface area (Å²) < 4.78 is 1.78. The van der Waals surface area contributed by atoms with Crippen LogP contribution >= 0.6 is 0 Å². The van der Waals surface area contributed by atoms with Crippen molar-refractivity contribution in [1.29, 1.82) is 0 Å². The number of hydrogen-bond donors (Lipinski definition) is 1. The van der Waals surface area contributed by atoms with E-state index in [1.165, 1.54) is 18.4 Å². The number of anilines is 1. The van der Waals surface area contributed by atoms with Gasteiger partial charge in [0.15, 0.2) is 0 Å². The topological polar surface area (TPSA) is 58.3 Å². The zero-order chi connectivity index (χ0) is 18.6. The number of likely N-dealkylation sites (tertiary alicyclic amines) is 1. The molecule has 0 spiro atoms.